The van der Waals surface area contributed by atoms with Crippen molar-refractivity contribution >= 4 is 33.3 Å². The molecule has 1 aliphatic heterocycles. The van der Waals surface area contributed by atoms with Gasteiger partial charge in [-0.25, -0.2) is 4.79 Å². The van der Waals surface area contributed by atoms with Crippen molar-refractivity contribution in [1.82, 2.24) is 4.90 Å². The number of likely N-dealkylation sites (N-methyl/N-ethyl adjacent to an activating group) is 1. The van der Waals surface area contributed by atoms with Crippen LogP contribution in [-0.4, -0.2) is 51.4 Å². The Labute approximate surface area is 191 Å². The fourth-order valence-corrected chi connectivity index (χ4v) is 3.76. The van der Waals surface area contributed by atoms with Gasteiger partial charge in [0.05, 0.1) is 25.5 Å². The molecule has 0 spiro atoms. The van der Waals surface area contributed by atoms with Crippen molar-refractivity contribution in [2.45, 2.75) is 18.7 Å². The number of methoxy groups -OCH3 is 2. The topological polar surface area (TPSA) is 72.1 Å². The summed E-state index contributed by atoms with van der Waals surface area (Å²) in [6.07, 6.45) is -4.31. The van der Waals surface area contributed by atoms with E-state index in [1.807, 2.05) is 11.9 Å². The lowest BCUT2D eigenvalue weighted by Crippen LogP contribution is -2.23. The van der Waals surface area contributed by atoms with Crippen LogP contribution in [0.4, 0.5) is 29.3 Å². The zero-order chi connectivity index (χ0) is 23.5. The molecular formula is C21H23BrF3N3O4. The Bertz CT molecular complexity index is 987. The van der Waals surface area contributed by atoms with E-state index in [2.05, 4.69) is 26.6 Å². The van der Waals surface area contributed by atoms with Crippen LogP contribution < -0.4 is 24.8 Å². The van der Waals surface area contributed by atoms with Crippen molar-refractivity contribution in [3.05, 3.63) is 40.4 Å². The first-order valence-electron chi connectivity index (χ1n) is 9.66. The molecule has 2 N–H and O–H groups in total. The Hall–Kier alpha value is -2.66. The fourth-order valence-electron chi connectivity index (χ4n) is 3.34. The number of rotatable bonds is 6. The molecule has 1 heterocycles. The minimum Gasteiger partial charge on any atom is -0.493 e. The first-order chi connectivity index (χ1) is 15.1. The van der Waals surface area contributed by atoms with Crippen molar-refractivity contribution in [3.63, 3.8) is 0 Å². The molecule has 1 atom stereocenters. The highest BCUT2D eigenvalue weighted by Gasteiger charge is 2.35. The van der Waals surface area contributed by atoms with Crippen molar-refractivity contribution in [2.75, 3.05) is 45.0 Å². The maximum atomic E-state index is 13.4. The van der Waals surface area contributed by atoms with Crippen molar-refractivity contribution < 1.29 is 32.2 Å². The molecule has 2 amide bonds. The molecule has 174 valence electrons. The quantitative estimate of drug-likeness (QED) is 0.550. The minimum absolute atomic E-state index is 0.161. The van der Waals surface area contributed by atoms with Gasteiger partial charge in [0.1, 0.15) is 11.9 Å². The van der Waals surface area contributed by atoms with Crippen molar-refractivity contribution in [3.8, 4) is 17.2 Å². The van der Waals surface area contributed by atoms with Crippen LogP contribution in [0.25, 0.3) is 0 Å². The summed E-state index contributed by atoms with van der Waals surface area (Å²) in [7, 11) is 4.82. The molecule has 1 aliphatic rings. The molecule has 2 aromatic carbocycles. The number of hydrogen-bond acceptors (Lipinski definition) is 5. The van der Waals surface area contributed by atoms with Crippen molar-refractivity contribution in [1.29, 1.82) is 0 Å². The van der Waals surface area contributed by atoms with Crippen LogP contribution in [-0.2, 0) is 6.18 Å². The number of alkyl halides is 3. The normalized spacial score (nSPS) is 16.5. The smallest absolute Gasteiger partial charge is 0.419 e. The predicted molar refractivity (Wildman–Crippen MR) is 118 cm³/mol. The van der Waals surface area contributed by atoms with Crippen LogP contribution in [0.2, 0.25) is 0 Å². The summed E-state index contributed by atoms with van der Waals surface area (Å²) in [6, 6.07) is 5.79. The standard InChI is InChI=1S/C21H23BrF3N3O4/c1-28-7-6-13(11-28)32-17-8-12(4-5-14(17)21(23,24)25)26-20(29)27-16-10-19(31-3)18(30-2)9-15(16)22/h4-5,8-10,13H,6-7,11H2,1-3H3,(H2,26,27,29)/t13-/m1/s1. The summed E-state index contributed by atoms with van der Waals surface area (Å²) in [4.78, 5) is 14.5. The molecule has 1 saturated heterocycles. The highest BCUT2D eigenvalue weighted by Crippen LogP contribution is 2.39. The summed E-state index contributed by atoms with van der Waals surface area (Å²) in [5.74, 6) is 0.549. The number of nitrogens with one attached hydrogen (secondary N) is 2. The van der Waals surface area contributed by atoms with Crippen LogP contribution in [0, 0.1) is 0 Å². The van der Waals surface area contributed by atoms with Gasteiger partial charge < -0.3 is 29.7 Å². The third-order valence-corrected chi connectivity index (χ3v) is 5.56. The number of amides is 2. The number of carbonyl (C=O) groups excluding carboxylic acids is 1. The molecule has 2 aromatic rings. The average Bonchev–Trinajstić information content (AvgIpc) is 3.12. The van der Waals surface area contributed by atoms with E-state index in [1.54, 1.807) is 12.1 Å². The van der Waals surface area contributed by atoms with E-state index in [9.17, 15) is 18.0 Å². The number of nitrogens with zero attached hydrogens (tertiary/aromatic N) is 1. The monoisotopic (exact) mass is 517 g/mol. The zero-order valence-corrected chi connectivity index (χ0v) is 19.3. The first-order valence-corrected chi connectivity index (χ1v) is 10.5. The molecule has 11 heteroatoms. The molecule has 7 nitrogen and oxygen atoms in total. The Balaban J connectivity index is 1.78. The summed E-state index contributed by atoms with van der Waals surface area (Å²) in [5, 5.41) is 5.16. The number of halogens is 4. The number of hydrogen-bond donors (Lipinski definition) is 2. The van der Waals surface area contributed by atoms with E-state index in [0.717, 1.165) is 12.6 Å². The van der Waals surface area contributed by atoms with E-state index in [4.69, 9.17) is 14.2 Å². The van der Waals surface area contributed by atoms with Crippen LogP contribution in [0.3, 0.4) is 0 Å². The highest BCUT2D eigenvalue weighted by atomic mass is 79.9. The molecule has 32 heavy (non-hydrogen) atoms. The van der Waals surface area contributed by atoms with E-state index in [1.165, 1.54) is 26.4 Å². The van der Waals surface area contributed by atoms with Gasteiger partial charge in [0.2, 0.25) is 0 Å². The number of benzene rings is 2. The third kappa shape index (κ3) is 5.77. The lowest BCUT2D eigenvalue weighted by molar-refractivity contribution is -0.139. The Kier molecular flexibility index (Phi) is 7.40. The third-order valence-electron chi connectivity index (χ3n) is 4.91. The Morgan fingerprint density at radius 3 is 2.38 bits per heavy atom. The molecule has 0 bridgehead atoms. The maximum Gasteiger partial charge on any atom is 0.419 e. The fraction of sp³-hybridized carbons (Fsp3) is 0.381. The first kappa shape index (κ1) is 24.0. The molecule has 0 aromatic heterocycles. The van der Waals surface area contributed by atoms with Gasteiger partial charge in [0.15, 0.2) is 11.5 Å². The molecule has 0 radical (unpaired) electrons. The van der Waals surface area contributed by atoms with Gasteiger partial charge in [0, 0.05) is 41.4 Å². The lowest BCUT2D eigenvalue weighted by Gasteiger charge is -2.19. The van der Waals surface area contributed by atoms with Crippen LogP contribution in [0.5, 0.6) is 17.2 Å². The summed E-state index contributed by atoms with van der Waals surface area (Å²) >= 11 is 3.33. The number of ether oxygens (including phenoxy) is 3. The van der Waals surface area contributed by atoms with E-state index < -0.39 is 17.8 Å². The second-order valence-electron chi connectivity index (χ2n) is 7.27. The second-order valence-corrected chi connectivity index (χ2v) is 8.12. The van der Waals surface area contributed by atoms with Gasteiger partial charge in [0.25, 0.3) is 0 Å². The number of urea groups is 1. The summed E-state index contributed by atoms with van der Waals surface area (Å²) in [6.45, 7) is 1.27. The largest absolute Gasteiger partial charge is 0.493 e. The molecular weight excluding hydrogens is 495 g/mol. The Morgan fingerprint density at radius 2 is 1.78 bits per heavy atom. The van der Waals surface area contributed by atoms with E-state index in [-0.39, 0.29) is 17.5 Å². The molecule has 1 fully saturated rings. The van der Waals surface area contributed by atoms with Gasteiger partial charge >= 0.3 is 12.2 Å². The summed E-state index contributed by atoms with van der Waals surface area (Å²) < 4.78 is 56.9. The van der Waals surface area contributed by atoms with Crippen LogP contribution in [0.1, 0.15) is 12.0 Å². The molecule has 0 aliphatic carbocycles. The molecule has 0 unspecified atom stereocenters. The second kappa shape index (κ2) is 9.86. The van der Waals surface area contributed by atoms with E-state index in [0.29, 0.717) is 34.6 Å². The zero-order valence-electron chi connectivity index (χ0n) is 17.7. The molecule has 3 rings (SSSR count). The van der Waals surface area contributed by atoms with Crippen LogP contribution in [0.15, 0.2) is 34.8 Å². The van der Waals surface area contributed by atoms with Crippen molar-refractivity contribution in [2.24, 2.45) is 0 Å². The number of anilines is 2. The van der Waals surface area contributed by atoms with Gasteiger partial charge in [-0.3, -0.25) is 0 Å². The van der Waals surface area contributed by atoms with Gasteiger partial charge in [-0.2, -0.15) is 13.2 Å². The van der Waals surface area contributed by atoms with E-state index >= 15 is 0 Å². The predicted octanol–water partition coefficient (Wildman–Crippen LogP) is 5.21. The number of carbonyl (C=O) groups is 1. The van der Waals surface area contributed by atoms with Gasteiger partial charge in [-0.05, 0) is 41.5 Å². The number of likely N-dealkylation sites (tertiary alicyclic amines) is 1. The SMILES string of the molecule is COc1cc(Br)c(NC(=O)Nc2ccc(C(F)(F)F)c(O[C@@H]3CCN(C)C3)c2)cc1OC. The Morgan fingerprint density at radius 1 is 1.09 bits per heavy atom. The molecule has 0 saturated carbocycles. The highest BCUT2D eigenvalue weighted by molar-refractivity contribution is 9.10. The van der Waals surface area contributed by atoms with Gasteiger partial charge in [-0.1, -0.05) is 0 Å². The minimum atomic E-state index is -4.58. The maximum absolute atomic E-state index is 13.4. The van der Waals surface area contributed by atoms with Crippen LogP contribution >= 0.6 is 15.9 Å². The van der Waals surface area contributed by atoms with Gasteiger partial charge in [-0.15, -0.1) is 0 Å². The summed E-state index contributed by atoms with van der Waals surface area (Å²) in [5.41, 5.74) is -0.341. The lowest BCUT2D eigenvalue weighted by atomic mass is 10.1. The average molecular weight is 518 g/mol.